The molecule has 4 nitrogen and oxygen atoms in total. The van der Waals surface area contributed by atoms with Crippen molar-refractivity contribution >= 4 is 24.8 Å². The summed E-state index contributed by atoms with van der Waals surface area (Å²) in [5.74, 6) is 0.569. The summed E-state index contributed by atoms with van der Waals surface area (Å²) in [6, 6.07) is 3.60. The average molecular weight is 253 g/mol. The molecule has 6 heteroatoms. The van der Waals surface area contributed by atoms with E-state index in [4.69, 9.17) is 4.74 Å². The Kier molecular flexibility index (Phi) is 5.31. The number of aliphatic hydroxyl groups is 1. The number of pyridine rings is 1. The normalized spacial score (nSPS) is 16.7. The maximum absolute atomic E-state index is 9.90. The Morgan fingerprint density at radius 3 is 2.40 bits per heavy atom. The number of rotatable bonds is 2. The zero-order chi connectivity index (χ0) is 9.31. The maximum Gasteiger partial charge on any atom is 0.212 e. The van der Waals surface area contributed by atoms with Crippen LogP contribution >= 0.6 is 24.8 Å². The van der Waals surface area contributed by atoms with Gasteiger partial charge in [0.05, 0.1) is 7.11 Å². The number of hydrogen-bond acceptors (Lipinski definition) is 4. The molecule has 0 bridgehead atoms. The third-order valence-corrected chi connectivity index (χ3v) is 2.32. The molecule has 1 aromatic heterocycles. The van der Waals surface area contributed by atoms with Crippen LogP contribution in [0.15, 0.2) is 18.3 Å². The van der Waals surface area contributed by atoms with Crippen LogP contribution in [-0.2, 0) is 5.60 Å². The van der Waals surface area contributed by atoms with E-state index >= 15 is 0 Å². The van der Waals surface area contributed by atoms with E-state index < -0.39 is 5.60 Å². The molecule has 1 aliphatic rings. The average Bonchev–Trinajstić information content (AvgIpc) is 2.14. The van der Waals surface area contributed by atoms with E-state index in [2.05, 4.69) is 10.3 Å². The fourth-order valence-corrected chi connectivity index (χ4v) is 1.34. The third-order valence-electron chi connectivity index (χ3n) is 2.32. The second-order valence-electron chi connectivity index (χ2n) is 3.22. The lowest BCUT2D eigenvalue weighted by atomic mass is 9.90. The van der Waals surface area contributed by atoms with Gasteiger partial charge in [-0.2, -0.15) is 0 Å². The smallest absolute Gasteiger partial charge is 0.212 e. The third kappa shape index (κ3) is 2.72. The minimum Gasteiger partial charge on any atom is -0.481 e. The first kappa shape index (κ1) is 14.5. The van der Waals surface area contributed by atoms with Crippen LogP contribution in [0.25, 0.3) is 0 Å². The summed E-state index contributed by atoms with van der Waals surface area (Å²) in [5.41, 5.74) is 0.117. The summed E-state index contributed by atoms with van der Waals surface area (Å²) in [6.07, 6.45) is 1.65. The Balaban J connectivity index is 0.000000980. The molecular formula is C9H14Cl2N2O2. The molecule has 15 heavy (non-hydrogen) atoms. The first-order chi connectivity index (χ1) is 6.24. The number of aromatic nitrogens is 1. The van der Waals surface area contributed by atoms with E-state index in [1.54, 1.807) is 19.4 Å². The highest BCUT2D eigenvalue weighted by atomic mass is 35.5. The van der Waals surface area contributed by atoms with E-state index in [0.29, 0.717) is 19.0 Å². The predicted octanol–water partition coefficient (Wildman–Crippen LogP) is 0.725. The summed E-state index contributed by atoms with van der Waals surface area (Å²) in [4.78, 5) is 4.04. The lowest BCUT2D eigenvalue weighted by molar-refractivity contribution is -0.0150. The number of nitrogens with one attached hydrogen (secondary N) is 1. The highest BCUT2D eigenvalue weighted by Gasteiger charge is 2.36. The van der Waals surface area contributed by atoms with Crippen molar-refractivity contribution in [3.8, 4) is 5.88 Å². The Labute approximate surface area is 101 Å². The van der Waals surface area contributed by atoms with Crippen molar-refractivity contribution in [1.29, 1.82) is 0 Å². The Hall–Kier alpha value is -0.550. The molecule has 0 saturated carbocycles. The SMILES string of the molecule is COc1ccc(C2(O)CNC2)cn1.Cl.Cl. The van der Waals surface area contributed by atoms with Crippen LogP contribution in [-0.4, -0.2) is 30.3 Å². The molecule has 1 aromatic rings. The number of β-amino-alcohol motifs (C(OH)–C–C–N with tert-alkyl or cyclic N) is 1. The van der Waals surface area contributed by atoms with Gasteiger partial charge in [-0.3, -0.25) is 0 Å². The fourth-order valence-electron chi connectivity index (χ4n) is 1.34. The molecule has 1 fully saturated rings. The number of ether oxygens (including phenoxy) is 1. The lowest BCUT2D eigenvalue weighted by Gasteiger charge is -2.37. The molecule has 1 saturated heterocycles. The summed E-state index contributed by atoms with van der Waals surface area (Å²) in [6.45, 7) is 1.20. The van der Waals surface area contributed by atoms with Gasteiger partial charge in [0.25, 0.3) is 0 Å². The van der Waals surface area contributed by atoms with E-state index in [-0.39, 0.29) is 24.8 Å². The van der Waals surface area contributed by atoms with Gasteiger partial charge in [-0.05, 0) is 6.07 Å². The van der Waals surface area contributed by atoms with Gasteiger partial charge >= 0.3 is 0 Å². The van der Waals surface area contributed by atoms with Crippen LogP contribution in [0.4, 0.5) is 0 Å². The maximum atomic E-state index is 9.90. The molecule has 0 amide bonds. The number of methoxy groups -OCH3 is 1. The van der Waals surface area contributed by atoms with Crippen LogP contribution in [0.1, 0.15) is 5.56 Å². The molecule has 1 aliphatic heterocycles. The Morgan fingerprint density at radius 1 is 1.40 bits per heavy atom. The highest BCUT2D eigenvalue weighted by Crippen LogP contribution is 2.25. The molecule has 0 radical (unpaired) electrons. The molecule has 0 unspecified atom stereocenters. The molecule has 0 aromatic carbocycles. The highest BCUT2D eigenvalue weighted by molar-refractivity contribution is 5.85. The molecular weight excluding hydrogens is 239 g/mol. The van der Waals surface area contributed by atoms with Crippen molar-refractivity contribution in [2.24, 2.45) is 0 Å². The molecule has 2 heterocycles. The van der Waals surface area contributed by atoms with Crippen LogP contribution < -0.4 is 10.1 Å². The van der Waals surface area contributed by atoms with Gasteiger partial charge in [-0.25, -0.2) is 4.98 Å². The van der Waals surface area contributed by atoms with Gasteiger partial charge in [0.2, 0.25) is 5.88 Å². The molecule has 86 valence electrons. The number of nitrogens with zero attached hydrogens (tertiary/aromatic N) is 1. The zero-order valence-corrected chi connectivity index (χ0v) is 9.90. The fraction of sp³-hybridized carbons (Fsp3) is 0.444. The van der Waals surface area contributed by atoms with Gasteiger partial charge in [-0.1, -0.05) is 0 Å². The lowest BCUT2D eigenvalue weighted by Crippen LogP contribution is -2.56. The van der Waals surface area contributed by atoms with E-state index in [9.17, 15) is 5.11 Å². The van der Waals surface area contributed by atoms with Crippen LogP contribution in [0.3, 0.4) is 0 Å². The largest absolute Gasteiger partial charge is 0.481 e. The van der Waals surface area contributed by atoms with Gasteiger partial charge in [0.1, 0.15) is 5.60 Å². The first-order valence-electron chi connectivity index (χ1n) is 4.18. The second kappa shape index (κ2) is 5.51. The van der Waals surface area contributed by atoms with Crippen molar-refractivity contribution in [3.63, 3.8) is 0 Å². The van der Waals surface area contributed by atoms with E-state index in [0.717, 1.165) is 5.56 Å². The van der Waals surface area contributed by atoms with Crippen molar-refractivity contribution in [2.45, 2.75) is 5.60 Å². The summed E-state index contributed by atoms with van der Waals surface area (Å²) in [7, 11) is 1.57. The number of hydrogen-bond donors (Lipinski definition) is 2. The minimum atomic E-state index is -0.723. The molecule has 0 atom stereocenters. The number of halogens is 2. The summed E-state index contributed by atoms with van der Waals surface area (Å²) >= 11 is 0. The summed E-state index contributed by atoms with van der Waals surface area (Å²) < 4.78 is 4.93. The van der Waals surface area contributed by atoms with Crippen LogP contribution in [0.5, 0.6) is 5.88 Å². The zero-order valence-electron chi connectivity index (χ0n) is 8.27. The Morgan fingerprint density at radius 2 is 2.07 bits per heavy atom. The van der Waals surface area contributed by atoms with Crippen molar-refractivity contribution in [1.82, 2.24) is 10.3 Å². The second-order valence-corrected chi connectivity index (χ2v) is 3.22. The van der Waals surface area contributed by atoms with Gasteiger partial charge in [-0.15, -0.1) is 24.8 Å². The topological polar surface area (TPSA) is 54.4 Å². The quantitative estimate of drug-likeness (QED) is 0.815. The van der Waals surface area contributed by atoms with Crippen molar-refractivity contribution < 1.29 is 9.84 Å². The monoisotopic (exact) mass is 252 g/mol. The minimum absolute atomic E-state index is 0. The molecule has 0 spiro atoms. The van der Waals surface area contributed by atoms with Crippen LogP contribution in [0, 0.1) is 0 Å². The first-order valence-corrected chi connectivity index (χ1v) is 4.18. The molecule has 2 N–H and O–H groups in total. The van der Waals surface area contributed by atoms with Crippen molar-refractivity contribution in [2.75, 3.05) is 20.2 Å². The van der Waals surface area contributed by atoms with E-state index in [1.807, 2.05) is 6.07 Å². The standard InChI is InChI=1S/C9H12N2O2.2ClH/c1-13-8-3-2-7(4-11-8)9(12)5-10-6-9;;/h2-4,10,12H,5-6H2,1H3;2*1H. The van der Waals surface area contributed by atoms with Crippen molar-refractivity contribution in [3.05, 3.63) is 23.9 Å². The van der Waals surface area contributed by atoms with Gasteiger partial charge in [0.15, 0.2) is 0 Å². The summed E-state index contributed by atoms with van der Waals surface area (Å²) in [5, 5.41) is 12.9. The van der Waals surface area contributed by atoms with E-state index in [1.165, 1.54) is 0 Å². The van der Waals surface area contributed by atoms with Gasteiger partial charge < -0.3 is 15.2 Å². The molecule has 0 aliphatic carbocycles. The molecule has 2 rings (SSSR count). The van der Waals surface area contributed by atoms with Crippen LogP contribution in [0.2, 0.25) is 0 Å². The predicted molar refractivity (Wildman–Crippen MR) is 62.1 cm³/mol. The Bertz CT molecular complexity index is 301. The van der Waals surface area contributed by atoms with Gasteiger partial charge in [0, 0.05) is 30.9 Å².